The lowest BCUT2D eigenvalue weighted by molar-refractivity contribution is -0.143. The van der Waals surface area contributed by atoms with Crippen molar-refractivity contribution in [2.24, 2.45) is 0 Å². The molecule has 0 unspecified atom stereocenters. The zero-order valence-electron chi connectivity index (χ0n) is 16.5. The van der Waals surface area contributed by atoms with Crippen LogP contribution in [-0.4, -0.2) is 49.5 Å². The number of ether oxygens (including phenoxy) is 4. The summed E-state index contributed by atoms with van der Waals surface area (Å²) in [7, 11) is 1.59. The van der Waals surface area contributed by atoms with E-state index in [2.05, 4.69) is 9.97 Å². The summed E-state index contributed by atoms with van der Waals surface area (Å²) in [5, 5.41) is 0.446. The minimum atomic E-state index is -0.227. The molecular weight excluding hydrogens is 364 g/mol. The molecule has 0 aliphatic heterocycles. The lowest BCUT2D eigenvalue weighted by atomic mass is 10.1. The molecule has 0 spiro atoms. The number of carbonyl (C=O) groups excluding carboxylic acids is 1. The SMILES string of the molecule is CCOC(=O)CCCCCCOc1cc2nc[nH]c(=O)c2cc1OCCOC. The molecule has 0 amide bonds. The first kappa shape index (κ1) is 21.7. The monoisotopic (exact) mass is 392 g/mol. The van der Waals surface area contributed by atoms with Crippen molar-refractivity contribution in [2.45, 2.75) is 39.0 Å². The van der Waals surface area contributed by atoms with Crippen molar-refractivity contribution in [1.82, 2.24) is 9.97 Å². The Morgan fingerprint density at radius 3 is 2.57 bits per heavy atom. The van der Waals surface area contributed by atoms with E-state index >= 15 is 0 Å². The van der Waals surface area contributed by atoms with E-state index in [1.165, 1.54) is 6.33 Å². The van der Waals surface area contributed by atoms with Gasteiger partial charge in [-0.3, -0.25) is 9.59 Å². The number of unbranched alkanes of at least 4 members (excludes halogenated alkanes) is 3. The van der Waals surface area contributed by atoms with E-state index in [-0.39, 0.29) is 11.5 Å². The van der Waals surface area contributed by atoms with Crippen molar-refractivity contribution in [2.75, 3.05) is 33.5 Å². The molecular formula is C20H28N2O6. The van der Waals surface area contributed by atoms with Gasteiger partial charge in [-0.2, -0.15) is 0 Å². The average molecular weight is 392 g/mol. The maximum atomic E-state index is 12.0. The van der Waals surface area contributed by atoms with E-state index in [9.17, 15) is 9.59 Å². The van der Waals surface area contributed by atoms with Crippen LogP contribution >= 0.6 is 0 Å². The van der Waals surface area contributed by atoms with Gasteiger partial charge in [0, 0.05) is 19.6 Å². The Hall–Kier alpha value is -2.61. The third-order valence-corrected chi connectivity index (χ3v) is 4.09. The van der Waals surface area contributed by atoms with Crippen LogP contribution in [0.15, 0.2) is 23.3 Å². The van der Waals surface area contributed by atoms with Crippen LogP contribution in [0.5, 0.6) is 11.5 Å². The zero-order chi connectivity index (χ0) is 20.2. The summed E-state index contributed by atoms with van der Waals surface area (Å²) in [5.41, 5.74) is 0.321. The summed E-state index contributed by atoms with van der Waals surface area (Å²) in [6.07, 6.45) is 5.37. The molecule has 28 heavy (non-hydrogen) atoms. The number of H-pyrrole nitrogens is 1. The maximum Gasteiger partial charge on any atom is 0.305 e. The van der Waals surface area contributed by atoms with Gasteiger partial charge in [-0.05, 0) is 25.8 Å². The number of aromatic amines is 1. The minimum absolute atomic E-state index is 0.143. The molecule has 1 aromatic carbocycles. The molecule has 0 fully saturated rings. The molecule has 8 nitrogen and oxygen atoms in total. The highest BCUT2D eigenvalue weighted by molar-refractivity contribution is 5.81. The van der Waals surface area contributed by atoms with Gasteiger partial charge >= 0.3 is 5.97 Å². The Morgan fingerprint density at radius 2 is 1.79 bits per heavy atom. The number of methoxy groups -OCH3 is 1. The van der Waals surface area contributed by atoms with E-state index < -0.39 is 0 Å². The first-order valence-corrected chi connectivity index (χ1v) is 9.57. The van der Waals surface area contributed by atoms with E-state index in [4.69, 9.17) is 18.9 Å². The molecule has 0 saturated heterocycles. The quantitative estimate of drug-likeness (QED) is 0.413. The summed E-state index contributed by atoms with van der Waals surface area (Å²) in [5.74, 6) is 0.897. The van der Waals surface area contributed by atoms with Crippen LogP contribution in [0.4, 0.5) is 0 Å². The number of nitrogens with zero attached hydrogens (tertiary/aromatic N) is 1. The third-order valence-electron chi connectivity index (χ3n) is 4.09. The van der Waals surface area contributed by atoms with Crippen molar-refractivity contribution in [3.63, 3.8) is 0 Å². The molecule has 0 aliphatic carbocycles. The molecule has 2 aromatic rings. The van der Waals surface area contributed by atoms with E-state index in [0.717, 1.165) is 25.7 Å². The highest BCUT2D eigenvalue weighted by Crippen LogP contribution is 2.30. The first-order valence-electron chi connectivity index (χ1n) is 9.57. The van der Waals surface area contributed by atoms with Gasteiger partial charge in [-0.15, -0.1) is 0 Å². The van der Waals surface area contributed by atoms with Crippen molar-refractivity contribution in [3.8, 4) is 11.5 Å². The second-order valence-electron chi connectivity index (χ2n) is 6.21. The summed E-state index contributed by atoms with van der Waals surface area (Å²) in [6, 6.07) is 3.36. The molecule has 0 bridgehead atoms. The van der Waals surface area contributed by atoms with E-state index in [0.29, 0.717) is 55.3 Å². The van der Waals surface area contributed by atoms with Gasteiger partial charge in [-0.25, -0.2) is 4.98 Å². The fourth-order valence-electron chi connectivity index (χ4n) is 2.68. The molecule has 0 saturated carbocycles. The Balaban J connectivity index is 1.88. The number of aromatic nitrogens is 2. The number of hydrogen-bond donors (Lipinski definition) is 1. The maximum absolute atomic E-state index is 12.0. The van der Waals surface area contributed by atoms with Crippen molar-refractivity contribution < 1.29 is 23.7 Å². The molecule has 0 aliphatic rings. The molecule has 0 atom stereocenters. The fourth-order valence-corrected chi connectivity index (χ4v) is 2.68. The van der Waals surface area contributed by atoms with Gasteiger partial charge in [0.2, 0.25) is 0 Å². The van der Waals surface area contributed by atoms with Gasteiger partial charge in [0.15, 0.2) is 11.5 Å². The van der Waals surface area contributed by atoms with Gasteiger partial charge in [0.05, 0.1) is 37.1 Å². The van der Waals surface area contributed by atoms with E-state index in [1.54, 1.807) is 26.2 Å². The predicted molar refractivity (Wildman–Crippen MR) is 105 cm³/mol. The normalized spacial score (nSPS) is 10.8. The Morgan fingerprint density at radius 1 is 1.04 bits per heavy atom. The Kier molecular flexibility index (Phi) is 9.27. The van der Waals surface area contributed by atoms with Crippen molar-refractivity contribution >= 4 is 16.9 Å². The van der Waals surface area contributed by atoms with E-state index in [1.807, 2.05) is 0 Å². The lowest BCUT2D eigenvalue weighted by Gasteiger charge is -2.13. The number of nitrogens with one attached hydrogen (secondary N) is 1. The van der Waals surface area contributed by atoms with Crippen molar-refractivity contribution in [1.29, 1.82) is 0 Å². The van der Waals surface area contributed by atoms with Crippen LogP contribution < -0.4 is 15.0 Å². The number of fused-ring (bicyclic) bond motifs is 1. The predicted octanol–water partition coefficient (Wildman–Crippen LogP) is 2.84. The number of esters is 1. The molecule has 0 radical (unpaired) electrons. The largest absolute Gasteiger partial charge is 0.490 e. The molecule has 154 valence electrons. The summed E-state index contributed by atoms with van der Waals surface area (Å²) >= 11 is 0. The van der Waals surface area contributed by atoms with Crippen LogP contribution in [0.1, 0.15) is 39.0 Å². The fraction of sp³-hybridized carbons (Fsp3) is 0.550. The van der Waals surface area contributed by atoms with Gasteiger partial charge in [0.1, 0.15) is 6.61 Å². The highest BCUT2D eigenvalue weighted by Gasteiger charge is 2.11. The molecule has 1 aromatic heterocycles. The van der Waals surface area contributed by atoms with Crippen molar-refractivity contribution in [3.05, 3.63) is 28.8 Å². The van der Waals surface area contributed by atoms with Crippen LogP contribution in [0.2, 0.25) is 0 Å². The standard InChI is InChI=1S/C20H28N2O6/c1-3-26-19(23)8-6-4-5-7-9-27-18-13-16-15(20(24)22-14-21-16)12-17(18)28-11-10-25-2/h12-14H,3-11H2,1-2H3,(H,21,22,24). The summed E-state index contributed by atoms with van der Waals surface area (Å²) < 4.78 is 21.5. The minimum Gasteiger partial charge on any atom is -0.490 e. The molecule has 2 rings (SSSR count). The Bertz CT molecular complexity index is 805. The smallest absolute Gasteiger partial charge is 0.305 e. The van der Waals surface area contributed by atoms with Crippen LogP contribution in [-0.2, 0) is 14.3 Å². The zero-order valence-corrected chi connectivity index (χ0v) is 16.5. The van der Waals surface area contributed by atoms with Gasteiger partial charge in [-0.1, -0.05) is 12.8 Å². The Labute approximate surface area is 164 Å². The summed E-state index contributed by atoms with van der Waals surface area (Å²) in [6.45, 7) is 3.52. The topological polar surface area (TPSA) is 99.7 Å². The van der Waals surface area contributed by atoms with Gasteiger partial charge < -0.3 is 23.9 Å². The van der Waals surface area contributed by atoms with Gasteiger partial charge in [0.25, 0.3) is 5.56 Å². The molecule has 1 N–H and O–H groups in total. The second kappa shape index (κ2) is 12.0. The lowest BCUT2D eigenvalue weighted by Crippen LogP contribution is -2.10. The second-order valence-corrected chi connectivity index (χ2v) is 6.21. The third kappa shape index (κ3) is 6.84. The summed E-state index contributed by atoms with van der Waals surface area (Å²) in [4.78, 5) is 30.0. The number of rotatable bonds is 13. The number of carbonyl (C=O) groups is 1. The van der Waals surface area contributed by atoms with Crippen LogP contribution in [0.3, 0.4) is 0 Å². The molecule has 8 heteroatoms. The van der Waals surface area contributed by atoms with Crippen LogP contribution in [0.25, 0.3) is 10.9 Å². The number of benzene rings is 1. The molecule has 1 heterocycles. The number of hydrogen-bond acceptors (Lipinski definition) is 7. The average Bonchev–Trinajstić information content (AvgIpc) is 2.68. The van der Waals surface area contributed by atoms with Crippen LogP contribution in [0, 0.1) is 0 Å². The highest BCUT2D eigenvalue weighted by atomic mass is 16.5. The first-order chi connectivity index (χ1) is 13.7.